The average Bonchev–Trinajstić information content (AvgIpc) is 2.46. The lowest BCUT2D eigenvalue weighted by molar-refractivity contribution is 0.0599. The van der Waals surface area contributed by atoms with Crippen LogP contribution in [-0.4, -0.2) is 29.1 Å². The number of hydrogen-bond donors (Lipinski definition) is 1. The summed E-state index contributed by atoms with van der Waals surface area (Å²) < 4.78 is 4.69. The van der Waals surface area contributed by atoms with Gasteiger partial charge in [0.1, 0.15) is 0 Å². The van der Waals surface area contributed by atoms with Gasteiger partial charge in [0.05, 0.1) is 18.2 Å². The van der Waals surface area contributed by atoms with Crippen LogP contribution >= 0.6 is 0 Å². The van der Waals surface area contributed by atoms with Crippen molar-refractivity contribution < 1.29 is 19.4 Å². The van der Waals surface area contributed by atoms with E-state index in [4.69, 9.17) is 9.84 Å². The van der Waals surface area contributed by atoms with E-state index in [1.54, 1.807) is 24.5 Å². The smallest absolute Gasteiger partial charge is 0.338 e. The Bertz CT molecular complexity index is 623. The highest BCUT2D eigenvalue weighted by atomic mass is 16.5. The number of methoxy groups -OCH3 is 1. The third-order valence-electron chi connectivity index (χ3n) is 2.64. The molecule has 0 amide bonds. The molecule has 1 heterocycles. The number of rotatable bonds is 3. The Morgan fingerprint density at radius 1 is 1.26 bits per heavy atom. The van der Waals surface area contributed by atoms with E-state index < -0.39 is 11.9 Å². The molecule has 1 N–H and O–H groups in total. The first kappa shape index (κ1) is 12.8. The topological polar surface area (TPSA) is 76.5 Å². The molecule has 0 radical (unpaired) electrons. The summed E-state index contributed by atoms with van der Waals surface area (Å²) in [6, 6.07) is 7.71. The summed E-state index contributed by atoms with van der Waals surface area (Å²) in [7, 11) is 1.28. The van der Waals surface area contributed by atoms with Crippen LogP contribution in [0.15, 0.2) is 42.7 Å². The van der Waals surface area contributed by atoms with E-state index in [1.807, 2.05) is 0 Å². The maximum atomic E-state index is 11.7. The van der Waals surface area contributed by atoms with E-state index in [1.165, 1.54) is 25.3 Å². The molecule has 0 saturated carbocycles. The molecule has 19 heavy (non-hydrogen) atoms. The quantitative estimate of drug-likeness (QED) is 0.853. The van der Waals surface area contributed by atoms with Crippen LogP contribution in [0.2, 0.25) is 0 Å². The molecular formula is C14H11NO4. The van der Waals surface area contributed by atoms with Crippen molar-refractivity contribution in [1.29, 1.82) is 0 Å². The minimum Gasteiger partial charge on any atom is -0.478 e. The summed E-state index contributed by atoms with van der Waals surface area (Å²) in [5, 5.41) is 9.01. The van der Waals surface area contributed by atoms with Crippen LogP contribution in [0.3, 0.4) is 0 Å². The fourth-order valence-electron chi connectivity index (χ4n) is 1.73. The lowest BCUT2D eigenvalue weighted by Crippen LogP contribution is -2.06. The van der Waals surface area contributed by atoms with Crippen LogP contribution in [0.5, 0.6) is 0 Å². The van der Waals surface area contributed by atoms with Gasteiger partial charge in [0, 0.05) is 18.0 Å². The summed E-state index contributed by atoms with van der Waals surface area (Å²) >= 11 is 0. The maximum absolute atomic E-state index is 11.7. The van der Waals surface area contributed by atoms with Gasteiger partial charge in [0.2, 0.25) is 0 Å². The number of nitrogens with zero attached hydrogens (tertiary/aromatic N) is 1. The Balaban J connectivity index is 2.63. The van der Waals surface area contributed by atoms with E-state index in [0.29, 0.717) is 16.7 Å². The Kier molecular flexibility index (Phi) is 3.56. The van der Waals surface area contributed by atoms with E-state index in [9.17, 15) is 9.59 Å². The van der Waals surface area contributed by atoms with Gasteiger partial charge in [-0.1, -0.05) is 6.07 Å². The zero-order chi connectivity index (χ0) is 13.8. The first-order valence-electron chi connectivity index (χ1n) is 5.49. The first-order chi connectivity index (χ1) is 9.13. The Labute approximate surface area is 109 Å². The van der Waals surface area contributed by atoms with Gasteiger partial charge >= 0.3 is 11.9 Å². The third-order valence-corrected chi connectivity index (χ3v) is 2.64. The predicted molar refractivity (Wildman–Crippen MR) is 68.0 cm³/mol. The normalized spacial score (nSPS) is 9.95. The number of ether oxygens (including phenoxy) is 1. The molecule has 2 rings (SSSR count). The Morgan fingerprint density at radius 3 is 2.63 bits per heavy atom. The standard InChI is InChI=1S/C14H11NO4/c1-19-14(18)11-5-4-9(13(16)17)7-12(11)10-3-2-6-15-8-10/h2-8H,1H3,(H,16,17). The molecule has 0 spiro atoms. The van der Waals surface area contributed by atoms with Crippen LogP contribution in [0, 0.1) is 0 Å². The van der Waals surface area contributed by atoms with Crippen LogP contribution in [0.25, 0.3) is 11.1 Å². The van der Waals surface area contributed by atoms with Gasteiger partial charge in [0.15, 0.2) is 0 Å². The molecular weight excluding hydrogens is 246 g/mol. The van der Waals surface area contributed by atoms with Crippen molar-refractivity contribution in [3.63, 3.8) is 0 Å². The van der Waals surface area contributed by atoms with Crippen LogP contribution in [-0.2, 0) is 4.74 Å². The summed E-state index contributed by atoms with van der Waals surface area (Å²) in [6.45, 7) is 0. The van der Waals surface area contributed by atoms with E-state index in [0.717, 1.165) is 0 Å². The van der Waals surface area contributed by atoms with Gasteiger partial charge in [-0.3, -0.25) is 4.98 Å². The highest BCUT2D eigenvalue weighted by Gasteiger charge is 2.16. The lowest BCUT2D eigenvalue weighted by Gasteiger charge is -2.08. The molecule has 0 aliphatic carbocycles. The molecule has 5 nitrogen and oxygen atoms in total. The SMILES string of the molecule is COC(=O)c1ccc(C(=O)O)cc1-c1cccnc1. The second-order valence-electron chi connectivity index (χ2n) is 3.80. The van der Waals surface area contributed by atoms with Gasteiger partial charge in [-0.2, -0.15) is 0 Å². The van der Waals surface area contributed by atoms with Gasteiger partial charge in [-0.25, -0.2) is 9.59 Å². The van der Waals surface area contributed by atoms with Crippen molar-refractivity contribution in [3.05, 3.63) is 53.9 Å². The Morgan fingerprint density at radius 2 is 2.05 bits per heavy atom. The minimum atomic E-state index is -1.05. The van der Waals surface area contributed by atoms with Crippen molar-refractivity contribution >= 4 is 11.9 Å². The lowest BCUT2D eigenvalue weighted by atomic mass is 9.98. The van der Waals surface area contributed by atoms with Crippen LogP contribution in [0.1, 0.15) is 20.7 Å². The number of benzene rings is 1. The fourth-order valence-corrected chi connectivity index (χ4v) is 1.73. The molecule has 1 aromatic heterocycles. The fraction of sp³-hybridized carbons (Fsp3) is 0.0714. The Hall–Kier alpha value is -2.69. The molecule has 96 valence electrons. The zero-order valence-corrected chi connectivity index (χ0v) is 10.2. The molecule has 0 fully saturated rings. The molecule has 0 bridgehead atoms. The molecule has 0 unspecified atom stereocenters. The highest BCUT2D eigenvalue weighted by Crippen LogP contribution is 2.25. The second-order valence-corrected chi connectivity index (χ2v) is 3.80. The van der Waals surface area contributed by atoms with Crippen LogP contribution in [0.4, 0.5) is 0 Å². The number of carboxylic acids is 1. The number of carbonyl (C=O) groups is 2. The molecule has 2 aromatic rings. The van der Waals surface area contributed by atoms with Crippen LogP contribution < -0.4 is 0 Å². The van der Waals surface area contributed by atoms with Crippen molar-refractivity contribution in [2.24, 2.45) is 0 Å². The molecule has 0 aliphatic heterocycles. The van der Waals surface area contributed by atoms with E-state index in [2.05, 4.69) is 4.98 Å². The number of aromatic nitrogens is 1. The first-order valence-corrected chi connectivity index (χ1v) is 5.49. The number of carbonyl (C=O) groups excluding carboxylic acids is 1. The molecule has 0 aliphatic rings. The summed E-state index contributed by atoms with van der Waals surface area (Å²) in [5.41, 5.74) is 1.55. The van der Waals surface area contributed by atoms with Crippen molar-refractivity contribution in [2.75, 3.05) is 7.11 Å². The number of carboxylic acid groups (broad SMARTS) is 1. The molecule has 1 aromatic carbocycles. The van der Waals surface area contributed by atoms with Crippen molar-refractivity contribution in [2.45, 2.75) is 0 Å². The van der Waals surface area contributed by atoms with Crippen molar-refractivity contribution in [3.8, 4) is 11.1 Å². The summed E-state index contributed by atoms with van der Waals surface area (Å²) in [4.78, 5) is 26.7. The van der Waals surface area contributed by atoms with E-state index in [-0.39, 0.29) is 5.56 Å². The number of esters is 1. The van der Waals surface area contributed by atoms with Gasteiger partial charge in [-0.05, 0) is 29.8 Å². The van der Waals surface area contributed by atoms with E-state index >= 15 is 0 Å². The number of pyridine rings is 1. The third kappa shape index (κ3) is 2.60. The average molecular weight is 257 g/mol. The van der Waals surface area contributed by atoms with Gasteiger partial charge in [0.25, 0.3) is 0 Å². The predicted octanol–water partition coefficient (Wildman–Crippen LogP) is 2.23. The number of aromatic carboxylic acids is 1. The molecule has 0 atom stereocenters. The highest BCUT2D eigenvalue weighted by molar-refractivity contribution is 5.99. The summed E-state index contributed by atoms with van der Waals surface area (Å²) in [5.74, 6) is -1.57. The van der Waals surface area contributed by atoms with Crippen molar-refractivity contribution in [1.82, 2.24) is 4.98 Å². The molecule has 0 saturated heterocycles. The minimum absolute atomic E-state index is 0.103. The largest absolute Gasteiger partial charge is 0.478 e. The van der Waals surface area contributed by atoms with Gasteiger partial charge < -0.3 is 9.84 Å². The number of hydrogen-bond acceptors (Lipinski definition) is 4. The zero-order valence-electron chi connectivity index (χ0n) is 10.2. The summed E-state index contributed by atoms with van der Waals surface area (Å²) in [6.07, 6.45) is 3.16. The second kappa shape index (κ2) is 5.30. The monoisotopic (exact) mass is 257 g/mol. The van der Waals surface area contributed by atoms with Gasteiger partial charge in [-0.15, -0.1) is 0 Å². The maximum Gasteiger partial charge on any atom is 0.338 e. The molecule has 5 heteroatoms.